The zero-order valence-electron chi connectivity index (χ0n) is 19.4. The van der Waals surface area contributed by atoms with Gasteiger partial charge in [-0.05, 0) is 31.7 Å². The Morgan fingerprint density at radius 1 is 1.03 bits per heavy atom. The molecule has 0 radical (unpaired) electrons. The first-order chi connectivity index (χ1) is 15.7. The Labute approximate surface area is 195 Å². The van der Waals surface area contributed by atoms with Crippen LogP contribution in [0.1, 0.15) is 21.5 Å². The average Bonchev–Trinajstić information content (AvgIpc) is 2.79. The number of anilines is 1. The minimum absolute atomic E-state index is 0.0595. The van der Waals surface area contributed by atoms with Crippen LogP contribution in [0.3, 0.4) is 0 Å². The molecule has 0 bridgehead atoms. The molecule has 0 atom stereocenters. The van der Waals surface area contributed by atoms with Gasteiger partial charge in [-0.3, -0.25) is 4.31 Å². The Morgan fingerprint density at radius 2 is 1.73 bits per heavy atom. The molecule has 33 heavy (non-hydrogen) atoms. The van der Waals surface area contributed by atoms with Gasteiger partial charge in [0.2, 0.25) is 10.0 Å². The second kappa shape index (κ2) is 12.2. The number of carbonyl (C=O) groups is 2. The zero-order valence-corrected chi connectivity index (χ0v) is 20.2. The lowest BCUT2D eigenvalue weighted by atomic mass is 10.1. The number of likely N-dealkylation sites (N-methyl/N-ethyl adjacent to an activating group) is 1. The van der Waals surface area contributed by atoms with Crippen LogP contribution in [-0.4, -0.2) is 72.0 Å². The molecule has 2 aromatic rings. The molecule has 1 N–H and O–H groups in total. The van der Waals surface area contributed by atoms with E-state index in [-0.39, 0.29) is 30.9 Å². The molecule has 0 aliphatic heterocycles. The Kier molecular flexibility index (Phi) is 9.68. The lowest BCUT2D eigenvalue weighted by Gasteiger charge is -2.28. The highest BCUT2D eigenvalue weighted by Crippen LogP contribution is 2.25. The summed E-state index contributed by atoms with van der Waals surface area (Å²) in [5, 5.41) is 2.97. The molecule has 0 saturated carbocycles. The molecule has 180 valence electrons. The summed E-state index contributed by atoms with van der Waals surface area (Å²) < 4.78 is 36.6. The van der Waals surface area contributed by atoms with E-state index < -0.39 is 22.1 Å². The summed E-state index contributed by atoms with van der Waals surface area (Å²) in [7, 11) is -0.768. The van der Waals surface area contributed by atoms with Crippen molar-refractivity contribution in [2.45, 2.75) is 13.5 Å². The first-order valence-electron chi connectivity index (χ1n) is 10.4. The number of hydrogen-bond acceptors (Lipinski definition) is 7. The van der Waals surface area contributed by atoms with Crippen LogP contribution in [0.15, 0.2) is 48.5 Å². The largest absolute Gasteiger partial charge is 0.465 e. The molecule has 1 amide bonds. The zero-order chi connectivity index (χ0) is 24.4. The first kappa shape index (κ1) is 26.1. The van der Waals surface area contributed by atoms with Gasteiger partial charge in [0, 0.05) is 19.6 Å². The Balaban J connectivity index is 2.23. The molecule has 0 aromatic heterocycles. The highest BCUT2D eigenvalue weighted by atomic mass is 32.2. The number of amides is 1. The smallest absolute Gasteiger partial charge is 0.410 e. The highest BCUT2D eigenvalue weighted by molar-refractivity contribution is 7.92. The molecule has 0 saturated heterocycles. The number of rotatable bonds is 11. The molecule has 0 spiro atoms. The number of carbonyl (C=O) groups excluding carboxylic acids is 2. The van der Waals surface area contributed by atoms with Crippen LogP contribution in [0.25, 0.3) is 0 Å². The lowest BCUT2D eigenvalue weighted by molar-refractivity contribution is 0.0601. The summed E-state index contributed by atoms with van der Waals surface area (Å²) in [5.74, 6) is -0.642. The number of ether oxygens (including phenoxy) is 2. The maximum absolute atomic E-state index is 12.7. The molecular weight excluding hydrogens is 446 g/mol. The standard InChI is InChI=1S/C23H31N3O6S/c1-18-10-11-21(20(16-18)22(27)31-3)26(33(4,29)30)15-14-25(13-12-24-2)23(28)32-17-19-8-6-5-7-9-19/h5-11,16,24H,12-15,17H2,1-4H3. The fraction of sp³-hybridized carbons (Fsp3) is 0.391. The predicted molar refractivity (Wildman–Crippen MR) is 127 cm³/mol. The third-order valence-corrected chi connectivity index (χ3v) is 6.07. The van der Waals surface area contributed by atoms with E-state index in [1.165, 1.54) is 12.0 Å². The minimum Gasteiger partial charge on any atom is -0.465 e. The van der Waals surface area contributed by atoms with E-state index in [0.29, 0.717) is 13.1 Å². The van der Waals surface area contributed by atoms with Crippen LogP contribution in [0.4, 0.5) is 10.5 Å². The number of methoxy groups -OCH3 is 1. The number of aryl methyl sites for hydroxylation is 1. The predicted octanol–water partition coefficient (Wildman–Crippen LogP) is 2.41. The van der Waals surface area contributed by atoms with Crippen molar-refractivity contribution >= 4 is 27.8 Å². The molecule has 0 aliphatic rings. The van der Waals surface area contributed by atoms with Gasteiger partial charge in [-0.15, -0.1) is 0 Å². The van der Waals surface area contributed by atoms with Gasteiger partial charge in [-0.25, -0.2) is 18.0 Å². The van der Waals surface area contributed by atoms with Gasteiger partial charge in [-0.1, -0.05) is 42.0 Å². The molecule has 0 unspecified atom stereocenters. The maximum Gasteiger partial charge on any atom is 0.410 e. The van der Waals surface area contributed by atoms with E-state index in [1.54, 1.807) is 32.2 Å². The van der Waals surface area contributed by atoms with Crippen molar-refractivity contribution in [3.8, 4) is 0 Å². The van der Waals surface area contributed by atoms with Crippen molar-refractivity contribution in [1.29, 1.82) is 0 Å². The number of esters is 1. The highest BCUT2D eigenvalue weighted by Gasteiger charge is 2.26. The van der Waals surface area contributed by atoms with Gasteiger partial charge in [0.15, 0.2) is 0 Å². The summed E-state index contributed by atoms with van der Waals surface area (Å²) in [4.78, 5) is 26.4. The quantitative estimate of drug-likeness (QED) is 0.496. The number of sulfonamides is 1. The van der Waals surface area contributed by atoms with E-state index in [9.17, 15) is 18.0 Å². The van der Waals surface area contributed by atoms with Gasteiger partial charge < -0.3 is 19.7 Å². The molecule has 2 rings (SSSR count). The van der Waals surface area contributed by atoms with Crippen molar-refractivity contribution in [3.63, 3.8) is 0 Å². The van der Waals surface area contributed by atoms with Crippen molar-refractivity contribution in [2.24, 2.45) is 0 Å². The minimum atomic E-state index is -3.76. The van der Waals surface area contributed by atoms with Gasteiger partial charge >= 0.3 is 12.1 Å². The molecule has 0 aliphatic carbocycles. The SMILES string of the molecule is CNCCN(CCN(c1ccc(C)cc1C(=O)OC)S(C)(=O)=O)C(=O)OCc1ccccc1. The van der Waals surface area contributed by atoms with Crippen molar-refractivity contribution in [2.75, 3.05) is 50.9 Å². The number of hydrogen-bond donors (Lipinski definition) is 1. The van der Waals surface area contributed by atoms with Crippen molar-refractivity contribution in [3.05, 3.63) is 65.2 Å². The van der Waals surface area contributed by atoms with Crippen LogP contribution in [0.2, 0.25) is 0 Å². The van der Waals surface area contributed by atoms with E-state index in [1.807, 2.05) is 30.3 Å². The normalized spacial score (nSPS) is 11.0. The molecule has 0 heterocycles. The average molecular weight is 478 g/mol. The number of nitrogens with zero attached hydrogens (tertiary/aromatic N) is 2. The van der Waals surface area contributed by atoms with Gasteiger partial charge in [0.25, 0.3) is 0 Å². The second-order valence-electron chi connectivity index (χ2n) is 7.48. The summed E-state index contributed by atoms with van der Waals surface area (Å²) >= 11 is 0. The summed E-state index contributed by atoms with van der Waals surface area (Å²) in [6.45, 7) is 2.73. The first-order valence-corrected chi connectivity index (χ1v) is 12.3. The van der Waals surface area contributed by atoms with E-state index >= 15 is 0 Å². The van der Waals surface area contributed by atoms with Gasteiger partial charge in [0.05, 0.1) is 31.2 Å². The van der Waals surface area contributed by atoms with Crippen molar-refractivity contribution < 1.29 is 27.5 Å². The fourth-order valence-electron chi connectivity index (χ4n) is 3.17. The van der Waals surface area contributed by atoms with E-state index in [2.05, 4.69) is 5.32 Å². The van der Waals surface area contributed by atoms with Crippen molar-refractivity contribution in [1.82, 2.24) is 10.2 Å². The Bertz CT molecular complexity index is 1040. The Hall–Kier alpha value is -3.11. The molecule has 2 aromatic carbocycles. The fourth-order valence-corrected chi connectivity index (χ4v) is 4.10. The third-order valence-electron chi connectivity index (χ3n) is 4.89. The molecular formula is C23H31N3O6S. The van der Waals surface area contributed by atoms with E-state index in [0.717, 1.165) is 21.7 Å². The van der Waals surface area contributed by atoms with Crippen LogP contribution >= 0.6 is 0 Å². The maximum atomic E-state index is 12.7. The molecule has 10 heteroatoms. The van der Waals surface area contributed by atoms with Crippen LogP contribution in [-0.2, 0) is 26.1 Å². The number of benzene rings is 2. The molecule has 0 fully saturated rings. The Morgan fingerprint density at radius 3 is 2.33 bits per heavy atom. The van der Waals surface area contributed by atoms with Gasteiger partial charge in [0.1, 0.15) is 6.61 Å². The van der Waals surface area contributed by atoms with Gasteiger partial charge in [-0.2, -0.15) is 0 Å². The van der Waals surface area contributed by atoms with Crippen LogP contribution in [0.5, 0.6) is 0 Å². The third kappa shape index (κ3) is 7.76. The van der Waals surface area contributed by atoms with Crippen LogP contribution < -0.4 is 9.62 Å². The monoisotopic (exact) mass is 477 g/mol. The summed E-state index contributed by atoms with van der Waals surface area (Å²) in [6, 6.07) is 14.1. The summed E-state index contributed by atoms with van der Waals surface area (Å²) in [5.41, 5.74) is 1.96. The molecule has 9 nitrogen and oxygen atoms in total. The number of nitrogens with one attached hydrogen (secondary N) is 1. The van der Waals surface area contributed by atoms with Crippen LogP contribution in [0, 0.1) is 6.92 Å². The summed E-state index contributed by atoms with van der Waals surface area (Å²) in [6.07, 6.45) is 0.499. The van der Waals surface area contributed by atoms with E-state index in [4.69, 9.17) is 9.47 Å². The topological polar surface area (TPSA) is 105 Å². The lowest BCUT2D eigenvalue weighted by Crippen LogP contribution is -2.43. The second-order valence-corrected chi connectivity index (χ2v) is 9.38.